The van der Waals surface area contributed by atoms with Crippen molar-refractivity contribution in [3.8, 4) is 17.1 Å². The third-order valence-electron chi connectivity index (χ3n) is 10.7. The molecule has 0 spiro atoms. The third kappa shape index (κ3) is 4.09. The van der Waals surface area contributed by atoms with Crippen LogP contribution in [0.1, 0.15) is 31.7 Å². The SMILES string of the molecule is CCC(C)c1ccc(-n2c3ccc(-n4c5ccccc5c5ccccc54)cc3c3cc(-n4c5ccccc5c5ccccc54)ccc32)cc1. The molecule has 0 N–H and O–H groups in total. The summed E-state index contributed by atoms with van der Waals surface area (Å²) in [5.41, 5.74) is 12.2. The van der Waals surface area contributed by atoms with Crippen LogP contribution in [-0.4, -0.2) is 13.7 Å². The van der Waals surface area contributed by atoms with Crippen LogP contribution in [0, 0.1) is 0 Å². The molecule has 0 saturated heterocycles. The molecule has 0 radical (unpaired) electrons. The second-order valence-electron chi connectivity index (χ2n) is 13.4. The number of hydrogen-bond acceptors (Lipinski definition) is 0. The summed E-state index contributed by atoms with van der Waals surface area (Å²) in [5, 5.41) is 7.57. The minimum atomic E-state index is 0.537. The standard InChI is InChI=1S/C46H35N3/c1-3-30(2)31-20-22-32(23-21-31)47-45-26-24-33(48-41-16-8-4-12-35(41)36-13-5-9-17-42(36)48)28-39(45)40-29-34(25-27-46(40)47)49-43-18-10-6-14-37(43)38-15-7-11-19-44(38)49/h4-30H,3H2,1-2H3. The Morgan fingerprint density at radius 3 is 1.08 bits per heavy atom. The van der Waals surface area contributed by atoms with Crippen molar-refractivity contribution in [3.05, 3.63) is 163 Å². The van der Waals surface area contributed by atoms with Crippen molar-refractivity contribution in [3.63, 3.8) is 0 Å². The minimum absolute atomic E-state index is 0.537. The fourth-order valence-corrected chi connectivity index (χ4v) is 8.14. The summed E-state index contributed by atoms with van der Waals surface area (Å²) in [4.78, 5) is 0. The van der Waals surface area contributed by atoms with Crippen LogP contribution in [0.4, 0.5) is 0 Å². The fourth-order valence-electron chi connectivity index (χ4n) is 8.14. The molecule has 0 saturated carbocycles. The quantitative estimate of drug-likeness (QED) is 0.180. The maximum atomic E-state index is 2.44. The Kier molecular flexibility index (Phi) is 6.13. The van der Waals surface area contributed by atoms with Crippen molar-refractivity contribution in [1.29, 1.82) is 0 Å². The van der Waals surface area contributed by atoms with E-state index < -0.39 is 0 Å². The molecule has 234 valence electrons. The van der Waals surface area contributed by atoms with Crippen molar-refractivity contribution in [2.45, 2.75) is 26.2 Å². The first-order chi connectivity index (χ1) is 24.2. The lowest BCUT2D eigenvalue weighted by Gasteiger charge is -2.13. The molecule has 1 unspecified atom stereocenters. The van der Waals surface area contributed by atoms with Gasteiger partial charge in [0.15, 0.2) is 0 Å². The monoisotopic (exact) mass is 629 g/mol. The van der Waals surface area contributed by atoms with Gasteiger partial charge in [0.25, 0.3) is 0 Å². The summed E-state index contributed by atoms with van der Waals surface area (Å²) in [6, 6.07) is 58.2. The Morgan fingerprint density at radius 2 is 0.694 bits per heavy atom. The van der Waals surface area contributed by atoms with Crippen molar-refractivity contribution in [2.75, 3.05) is 0 Å². The fraction of sp³-hybridized carbons (Fsp3) is 0.0870. The summed E-state index contributed by atoms with van der Waals surface area (Å²) in [6.45, 7) is 4.57. The van der Waals surface area contributed by atoms with E-state index in [4.69, 9.17) is 0 Å². The largest absolute Gasteiger partial charge is 0.309 e. The highest BCUT2D eigenvalue weighted by molar-refractivity contribution is 6.14. The number of para-hydroxylation sites is 4. The molecule has 0 aliphatic rings. The van der Waals surface area contributed by atoms with Gasteiger partial charge in [-0.2, -0.15) is 0 Å². The second-order valence-corrected chi connectivity index (χ2v) is 13.4. The Labute approximate surface area is 284 Å². The first kappa shape index (κ1) is 28.0. The predicted octanol–water partition coefficient (Wildman–Crippen LogP) is 12.5. The Bertz CT molecular complexity index is 2600. The van der Waals surface area contributed by atoms with E-state index in [1.165, 1.54) is 88.0 Å². The van der Waals surface area contributed by atoms with E-state index in [0.29, 0.717) is 5.92 Å². The average molecular weight is 630 g/mol. The van der Waals surface area contributed by atoms with Gasteiger partial charge in [-0.25, -0.2) is 0 Å². The number of aromatic nitrogens is 3. The van der Waals surface area contributed by atoms with E-state index in [0.717, 1.165) is 6.42 Å². The molecule has 0 aliphatic carbocycles. The predicted molar refractivity (Wildman–Crippen MR) is 208 cm³/mol. The lowest BCUT2D eigenvalue weighted by molar-refractivity contribution is 0.733. The molecule has 0 amide bonds. The van der Waals surface area contributed by atoms with Crippen LogP contribution in [0.3, 0.4) is 0 Å². The number of fused-ring (bicyclic) bond motifs is 9. The number of benzene rings is 7. The first-order valence-corrected chi connectivity index (χ1v) is 17.4. The first-order valence-electron chi connectivity index (χ1n) is 17.4. The summed E-state index contributed by atoms with van der Waals surface area (Å²) in [6.07, 6.45) is 1.13. The number of hydrogen-bond donors (Lipinski definition) is 0. The van der Waals surface area contributed by atoms with E-state index in [1.54, 1.807) is 0 Å². The molecule has 0 fully saturated rings. The topological polar surface area (TPSA) is 14.8 Å². The molecule has 3 aromatic heterocycles. The van der Waals surface area contributed by atoms with Gasteiger partial charge < -0.3 is 13.7 Å². The average Bonchev–Trinajstić information content (AvgIpc) is 3.80. The summed E-state index contributed by atoms with van der Waals surface area (Å²) >= 11 is 0. The van der Waals surface area contributed by atoms with Crippen LogP contribution in [0.2, 0.25) is 0 Å². The molecule has 3 heteroatoms. The molecule has 3 nitrogen and oxygen atoms in total. The molecule has 0 aliphatic heterocycles. The lowest BCUT2D eigenvalue weighted by atomic mass is 9.98. The normalized spacial score (nSPS) is 12.7. The van der Waals surface area contributed by atoms with E-state index in [-0.39, 0.29) is 0 Å². The summed E-state index contributed by atoms with van der Waals surface area (Å²) < 4.78 is 7.28. The van der Waals surface area contributed by atoms with Gasteiger partial charge in [-0.3, -0.25) is 0 Å². The highest BCUT2D eigenvalue weighted by Gasteiger charge is 2.19. The van der Waals surface area contributed by atoms with Gasteiger partial charge >= 0.3 is 0 Å². The van der Waals surface area contributed by atoms with E-state index in [1.807, 2.05) is 0 Å². The van der Waals surface area contributed by atoms with Crippen molar-refractivity contribution >= 4 is 65.4 Å². The van der Waals surface area contributed by atoms with Crippen LogP contribution in [0.25, 0.3) is 82.5 Å². The van der Waals surface area contributed by atoms with Crippen LogP contribution < -0.4 is 0 Å². The van der Waals surface area contributed by atoms with E-state index >= 15 is 0 Å². The van der Waals surface area contributed by atoms with Gasteiger partial charge in [-0.05, 0) is 90.7 Å². The van der Waals surface area contributed by atoms with Gasteiger partial charge in [-0.1, -0.05) is 98.8 Å². The minimum Gasteiger partial charge on any atom is -0.309 e. The van der Waals surface area contributed by atoms with E-state index in [2.05, 4.69) is 185 Å². The van der Waals surface area contributed by atoms with Gasteiger partial charge in [0.1, 0.15) is 0 Å². The second kappa shape index (κ2) is 10.7. The molecular formula is C46H35N3. The Balaban J connectivity index is 1.27. The molecule has 10 rings (SSSR count). The Hall–Kier alpha value is -6.06. The molecular weight excluding hydrogens is 595 g/mol. The van der Waals surface area contributed by atoms with Gasteiger partial charge in [0.2, 0.25) is 0 Å². The third-order valence-corrected chi connectivity index (χ3v) is 10.7. The summed E-state index contributed by atoms with van der Waals surface area (Å²) in [7, 11) is 0. The van der Waals surface area contributed by atoms with Crippen molar-refractivity contribution in [2.24, 2.45) is 0 Å². The van der Waals surface area contributed by atoms with Crippen LogP contribution in [0.15, 0.2) is 158 Å². The molecule has 49 heavy (non-hydrogen) atoms. The zero-order valence-corrected chi connectivity index (χ0v) is 27.6. The van der Waals surface area contributed by atoms with Crippen LogP contribution >= 0.6 is 0 Å². The highest BCUT2D eigenvalue weighted by Crippen LogP contribution is 2.39. The zero-order valence-electron chi connectivity index (χ0n) is 27.6. The molecule has 0 bridgehead atoms. The highest BCUT2D eigenvalue weighted by atomic mass is 15.0. The smallest absolute Gasteiger partial charge is 0.0542 e. The number of rotatable bonds is 5. The maximum absolute atomic E-state index is 2.44. The maximum Gasteiger partial charge on any atom is 0.0542 e. The van der Waals surface area contributed by atoms with Crippen LogP contribution in [-0.2, 0) is 0 Å². The summed E-state index contributed by atoms with van der Waals surface area (Å²) in [5.74, 6) is 0.537. The number of nitrogens with zero attached hydrogens (tertiary/aromatic N) is 3. The molecule has 1 atom stereocenters. The molecule has 7 aromatic carbocycles. The van der Waals surface area contributed by atoms with Gasteiger partial charge in [0, 0.05) is 49.4 Å². The van der Waals surface area contributed by atoms with Crippen molar-refractivity contribution in [1.82, 2.24) is 13.7 Å². The molecule has 10 aromatic rings. The zero-order chi connectivity index (χ0) is 32.6. The van der Waals surface area contributed by atoms with Crippen molar-refractivity contribution < 1.29 is 0 Å². The van der Waals surface area contributed by atoms with Gasteiger partial charge in [-0.15, -0.1) is 0 Å². The Morgan fingerprint density at radius 1 is 0.367 bits per heavy atom. The van der Waals surface area contributed by atoms with E-state index in [9.17, 15) is 0 Å². The molecule has 3 heterocycles. The lowest BCUT2D eigenvalue weighted by Crippen LogP contribution is -1.97. The van der Waals surface area contributed by atoms with Gasteiger partial charge in [0.05, 0.1) is 33.1 Å². The van der Waals surface area contributed by atoms with Crippen LogP contribution in [0.5, 0.6) is 0 Å².